The summed E-state index contributed by atoms with van der Waals surface area (Å²) in [5.74, 6) is 2.48. The molecule has 4 rings (SSSR count). The zero-order valence-corrected chi connectivity index (χ0v) is 21.0. The number of thioether (sulfide) groups is 1. The first-order chi connectivity index (χ1) is 15.8. The van der Waals surface area contributed by atoms with Crippen LogP contribution in [-0.4, -0.2) is 82.4 Å². The Bertz CT molecular complexity index is 936. The van der Waals surface area contributed by atoms with Crippen molar-refractivity contribution in [1.29, 1.82) is 0 Å². The Morgan fingerprint density at radius 2 is 1.91 bits per heavy atom. The molecule has 3 aliphatic rings. The molecule has 8 heteroatoms. The summed E-state index contributed by atoms with van der Waals surface area (Å²) in [5, 5.41) is 0. The molecule has 3 heterocycles. The highest BCUT2D eigenvalue weighted by atomic mass is 32.2. The second-order valence-corrected chi connectivity index (χ2v) is 10.6. The number of fused-ring (bicyclic) bond motifs is 1. The number of benzene rings is 1. The van der Waals surface area contributed by atoms with E-state index in [1.54, 1.807) is 16.7 Å². The molecule has 3 amide bonds. The number of nitrogens with zero attached hydrogens (tertiary/aromatic N) is 3. The average molecular weight is 474 g/mol. The molecule has 0 N–H and O–H groups in total. The first-order valence-corrected chi connectivity index (χ1v) is 13.1. The lowest BCUT2D eigenvalue weighted by Gasteiger charge is -2.37. The van der Waals surface area contributed by atoms with E-state index in [-0.39, 0.29) is 29.8 Å². The van der Waals surface area contributed by atoms with Gasteiger partial charge >= 0.3 is 0 Å². The SMILES string of the molecule is CC(=O)N1CSC[C@H]1C(=O)N1C[C@@H]2CCCN(C(=O)CCOc3cc(C)cc(C)c3C)[C@@H]2C1. The van der Waals surface area contributed by atoms with Crippen LogP contribution >= 0.6 is 11.8 Å². The highest BCUT2D eigenvalue weighted by Crippen LogP contribution is 2.33. The molecular formula is C25H35N3O4S. The second-order valence-electron chi connectivity index (χ2n) is 9.61. The Morgan fingerprint density at radius 3 is 2.67 bits per heavy atom. The number of ether oxygens (including phenoxy) is 1. The fourth-order valence-electron chi connectivity index (χ4n) is 5.38. The van der Waals surface area contributed by atoms with Gasteiger partial charge in [0.25, 0.3) is 0 Å². The van der Waals surface area contributed by atoms with Crippen LogP contribution in [0.2, 0.25) is 0 Å². The summed E-state index contributed by atoms with van der Waals surface area (Å²) in [4.78, 5) is 43.7. The lowest BCUT2D eigenvalue weighted by Crippen LogP contribution is -2.50. The highest BCUT2D eigenvalue weighted by molar-refractivity contribution is 7.99. The minimum Gasteiger partial charge on any atom is -0.493 e. The van der Waals surface area contributed by atoms with Crippen molar-refractivity contribution in [3.8, 4) is 5.75 Å². The maximum atomic E-state index is 13.2. The first kappa shape index (κ1) is 23.9. The molecule has 0 saturated carbocycles. The maximum absolute atomic E-state index is 13.2. The molecule has 3 saturated heterocycles. The molecule has 0 bridgehead atoms. The summed E-state index contributed by atoms with van der Waals surface area (Å²) in [5.41, 5.74) is 3.45. The van der Waals surface area contributed by atoms with Crippen molar-refractivity contribution in [3.63, 3.8) is 0 Å². The van der Waals surface area contributed by atoms with E-state index in [9.17, 15) is 14.4 Å². The monoisotopic (exact) mass is 473 g/mol. The molecule has 0 radical (unpaired) electrons. The smallest absolute Gasteiger partial charge is 0.246 e. The normalized spacial score (nSPS) is 24.7. The maximum Gasteiger partial charge on any atom is 0.246 e. The molecule has 0 spiro atoms. The molecule has 1 aromatic rings. The molecule has 3 aliphatic heterocycles. The average Bonchev–Trinajstić information content (AvgIpc) is 3.43. The standard InChI is InChI=1S/C25H35N3O4S/c1-16-10-17(2)18(3)23(11-16)32-9-7-24(30)27-8-5-6-20-12-26(13-21(20)27)25(31)22-14-33-15-28(22)19(4)29/h10-11,20-22H,5-9,12-15H2,1-4H3/t20-,21+,22-/m0/s1. The van der Waals surface area contributed by atoms with Crippen molar-refractivity contribution in [2.45, 2.75) is 59.0 Å². The van der Waals surface area contributed by atoms with Crippen LogP contribution in [0.15, 0.2) is 12.1 Å². The largest absolute Gasteiger partial charge is 0.493 e. The summed E-state index contributed by atoms with van der Waals surface area (Å²) < 4.78 is 5.98. The van der Waals surface area contributed by atoms with Crippen LogP contribution < -0.4 is 4.74 Å². The molecule has 1 aromatic carbocycles. The Hall–Kier alpha value is -2.22. The Kier molecular flexibility index (Phi) is 7.22. The number of hydrogen-bond acceptors (Lipinski definition) is 5. The van der Waals surface area contributed by atoms with Gasteiger partial charge in [0.05, 0.1) is 24.9 Å². The van der Waals surface area contributed by atoms with Crippen LogP contribution in [-0.2, 0) is 14.4 Å². The first-order valence-electron chi connectivity index (χ1n) is 11.9. The number of piperidine rings is 1. The number of aryl methyl sites for hydroxylation is 2. The number of amides is 3. The van der Waals surface area contributed by atoms with E-state index in [2.05, 4.69) is 13.0 Å². The van der Waals surface area contributed by atoms with Gasteiger partial charge in [0.2, 0.25) is 17.7 Å². The van der Waals surface area contributed by atoms with Crippen LogP contribution in [0.4, 0.5) is 0 Å². The van der Waals surface area contributed by atoms with Gasteiger partial charge < -0.3 is 19.4 Å². The van der Waals surface area contributed by atoms with Gasteiger partial charge in [-0.15, -0.1) is 11.8 Å². The lowest BCUT2D eigenvalue weighted by atomic mass is 9.92. The molecule has 33 heavy (non-hydrogen) atoms. The summed E-state index contributed by atoms with van der Waals surface area (Å²) in [6, 6.07) is 3.86. The highest BCUT2D eigenvalue weighted by Gasteiger charge is 2.45. The molecular weight excluding hydrogens is 438 g/mol. The summed E-state index contributed by atoms with van der Waals surface area (Å²) in [6.45, 7) is 10.0. The molecule has 7 nitrogen and oxygen atoms in total. The Morgan fingerprint density at radius 1 is 1.12 bits per heavy atom. The molecule has 0 unspecified atom stereocenters. The van der Waals surface area contributed by atoms with Crippen LogP contribution in [0.5, 0.6) is 5.75 Å². The zero-order valence-electron chi connectivity index (χ0n) is 20.1. The topological polar surface area (TPSA) is 70.2 Å². The number of rotatable bonds is 5. The second kappa shape index (κ2) is 9.95. The van der Waals surface area contributed by atoms with E-state index in [4.69, 9.17) is 4.74 Å². The van der Waals surface area contributed by atoms with Crippen molar-refractivity contribution in [2.75, 3.05) is 37.9 Å². The summed E-state index contributed by atoms with van der Waals surface area (Å²) in [7, 11) is 0. The number of carbonyl (C=O) groups excluding carboxylic acids is 3. The molecule has 3 atom stereocenters. The number of carbonyl (C=O) groups is 3. The van der Waals surface area contributed by atoms with E-state index >= 15 is 0 Å². The van der Waals surface area contributed by atoms with Crippen LogP contribution in [0, 0.1) is 26.7 Å². The molecule has 0 aliphatic carbocycles. The predicted octanol–water partition coefficient (Wildman–Crippen LogP) is 2.75. The number of likely N-dealkylation sites (tertiary alicyclic amines) is 2. The minimum absolute atomic E-state index is 0.0330. The van der Waals surface area contributed by atoms with Crippen molar-refractivity contribution >= 4 is 29.5 Å². The van der Waals surface area contributed by atoms with Crippen molar-refractivity contribution in [2.24, 2.45) is 5.92 Å². The predicted molar refractivity (Wildman–Crippen MR) is 129 cm³/mol. The van der Waals surface area contributed by atoms with Gasteiger partial charge in [-0.05, 0) is 62.3 Å². The van der Waals surface area contributed by atoms with Crippen LogP contribution in [0.1, 0.15) is 42.9 Å². The van der Waals surface area contributed by atoms with Gasteiger partial charge in [-0.25, -0.2) is 0 Å². The fraction of sp³-hybridized carbons (Fsp3) is 0.640. The number of hydrogen-bond donors (Lipinski definition) is 0. The van der Waals surface area contributed by atoms with E-state index < -0.39 is 0 Å². The van der Waals surface area contributed by atoms with E-state index in [1.165, 1.54) is 12.5 Å². The van der Waals surface area contributed by atoms with E-state index in [0.717, 1.165) is 36.3 Å². The van der Waals surface area contributed by atoms with Crippen molar-refractivity contribution < 1.29 is 19.1 Å². The van der Waals surface area contributed by atoms with E-state index in [0.29, 0.717) is 43.7 Å². The van der Waals surface area contributed by atoms with Gasteiger partial charge in [-0.2, -0.15) is 0 Å². The quantitative estimate of drug-likeness (QED) is 0.658. The zero-order chi connectivity index (χ0) is 23.7. The van der Waals surface area contributed by atoms with Crippen molar-refractivity contribution in [1.82, 2.24) is 14.7 Å². The minimum atomic E-state index is -0.369. The van der Waals surface area contributed by atoms with Gasteiger partial charge in [0.1, 0.15) is 11.8 Å². The Balaban J connectivity index is 1.35. The fourth-order valence-corrected chi connectivity index (χ4v) is 6.59. The van der Waals surface area contributed by atoms with Gasteiger partial charge in [-0.1, -0.05) is 6.07 Å². The van der Waals surface area contributed by atoms with E-state index in [1.807, 2.05) is 29.7 Å². The molecule has 0 aromatic heterocycles. The van der Waals surface area contributed by atoms with Crippen LogP contribution in [0.3, 0.4) is 0 Å². The third-order valence-corrected chi connectivity index (χ3v) is 8.33. The van der Waals surface area contributed by atoms with Gasteiger partial charge in [0.15, 0.2) is 0 Å². The molecule has 3 fully saturated rings. The van der Waals surface area contributed by atoms with Crippen molar-refractivity contribution in [3.05, 3.63) is 28.8 Å². The summed E-state index contributed by atoms with van der Waals surface area (Å²) in [6.07, 6.45) is 2.33. The lowest BCUT2D eigenvalue weighted by molar-refractivity contribution is -0.142. The van der Waals surface area contributed by atoms with Crippen LogP contribution in [0.25, 0.3) is 0 Å². The third-order valence-electron chi connectivity index (χ3n) is 7.32. The third kappa shape index (κ3) is 5.00. The van der Waals surface area contributed by atoms with Gasteiger partial charge in [0, 0.05) is 32.3 Å². The molecule has 180 valence electrons. The van der Waals surface area contributed by atoms with Gasteiger partial charge in [-0.3, -0.25) is 14.4 Å². The Labute approximate surface area is 200 Å². The summed E-state index contributed by atoms with van der Waals surface area (Å²) >= 11 is 1.63.